The van der Waals surface area contributed by atoms with E-state index in [1.165, 1.54) is 11.3 Å². The third kappa shape index (κ3) is 3.96. The first kappa shape index (κ1) is 18.7. The summed E-state index contributed by atoms with van der Waals surface area (Å²) < 4.78 is 22.0. The second-order valence-corrected chi connectivity index (χ2v) is 7.40. The summed E-state index contributed by atoms with van der Waals surface area (Å²) in [5.41, 5.74) is 0.592. The topological polar surface area (TPSA) is 95.1 Å². The van der Waals surface area contributed by atoms with E-state index < -0.39 is 18.3 Å². The molecule has 2 aliphatic rings. The Balaban J connectivity index is 1.30. The van der Waals surface area contributed by atoms with Crippen LogP contribution in [0.3, 0.4) is 0 Å². The van der Waals surface area contributed by atoms with Crippen molar-refractivity contribution in [3.63, 3.8) is 0 Å². The molecule has 2 amide bonds. The summed E-state index contributed by atoms with van der Waals surface area (Å²) >= 11 is 1.37. The van der Waals surface area contributed by atoms with Crippen LogP contribution >= 0.6 is 11.3 Å². The van der Waals surface area contributed by atoms with E-state index in [1.807, 2.05) is 11.4 Å². The minimum Gasteiger partial charge on any atom is -0.497 e. The van der Waals surface area contributed by atoms with Crippen LogP contribution in [0, 0.1) is 0 Å². The van der Waals surface area contributed by atoms with Crippen LogP contribution < -0.4 is 15.4 Å². The van der Waals surface area contributed by atoms with E-state index in [-0.39, 0.29) is 24.7 Å². The molecule has 2 saturated heterocycles. The molecule has 28 heavy (non-hydrogen) atoms. The predicted molar refractivity (Wildman–Crippen MR) is 102 cm³/mol. The number of thiophene rings is 1. The lowest BCUT2D eigenvalue weighted by Crippen LogP contribution is -2.44. The molecule has 0 spiro atoms. The van der Waals surface area contributed by atoms with Gasteiger partial charge in [-0.25, -0.2) is 4.79 Å². The second-order valence-electron chi connectivity index (χ2n) is 6.45. The number of methoxy groups -OCH3 is 1. The average molecular weight is 404 g/mol. The van der Waals surface area contributed by atoms with Gasteiger partial charge in [-0.1, -0.05) is 6.07 Å². The Morgan fingerprint density at radius 1 is 1.11 bits per heavy atom. The van der Waals surface area contributed by atoms with Gasteiger partial charge in [0.1, 0.15) is 18.0 Å². The van der Waals surface area contributed by atoms with Crippen molar-refractivity contribution in [1.29, 1.82) is 0 Å². The number of fused-ring (bicyclic) bond motifs is 1. The Kier molecular flexibility index (Phi) is 5.47. The molecule has 4 atom stereocenters. The summed E-state index contributed by atoms with van der Waals surface area (Å²) in [6.07, 6.45) is -1.88. The molecule has 2 aliphatic heterocycles. The second kappa shape index (κ2) is 8.17. The van der Waals surface area contributed by atoms with Gasteiger partial charge < -0.3 is 24.3 Å². The Hall–Kier alpha value is -2.62. The van der Waals surface area contributed by atoms with E-state index in [4.69, 9.17) is 18.9 Å². The maximum atomic E-state index is 12.2. The summed E-state index contributed by atoms with van der Waals surface area (Å²) in [5.74, 6) is 0.537. The molecule has 8 nitrogen and oxygen atoms in total. The molecule has 2 aromatic rings. The van der Waals surface area contributed by atoms with Crippen molar-refractivity contribution in [3.8, 4) is 5.75 Å². The van der Waals surface area contributed by atoms with Crippen LogP contribution in [0.4, 0.5) is 10.5 Å². The fraction of sp³-hybridized carbons (Fsp3) is 0.368. The van der Waals surface area contributed by atoms with E-state index in [1.54, 1.807) is 37.4 Å². The summed E-state index contributed by atoms with van der Waals surface area (Å²) in [7, 11) is 1.57. The summed E-state index contributed by atoms with van der Waals surface area (Å²) in [6.45, 7) is 0.531. The third-order valence-electron chi connectivity index (χ3n) is 4.66. The largest absolute Gasteiger partial charge is 0.497 e. The van der Waals surface area contributed by atoms with Gasteiger partial charge in [-0.3, -0.25) is 10.1 Å². The molecule has 0 aliphatic carbocycles. The van der Waals surface area contributed by atoms with Crippen molar-refractivity contribution in [2.75, 3.05) is 25.6 Å². The number of benzene rings is 1. The Bertz CT molecular complexity index is 825. The molecule has 0 bridgehead atoms. The van der Waals surface area contributed by atoms with Gasteiger partial charge >= 0.3 is 6.09 Å². The van der Waals surface area contributed by atoms with Gasteiger partial charge in [0.15, 0.2) is 6.10 Å². The average Bonchev–Trinajstić information content (AvgIpc) is 3.43. The SMILES string of the molecule is COc1ccc(NC(=O)OC2COC3C(NC(=O)c4cccs4)COC23)cc1. The van der Waals surface area contributed by atoms with E-state index in [0.29, 0.717) is 22.9 Å². The molecule has 1 aromatic carbocycles. The molecule has 2 N–H and O–H groups in total. The first-order valence-electron chi connectivity index (χ1n) is 8.83. The third-order valence-corrected chi connectivity index (χ3v) is 5.53. The number of nitrogens with one attached hydrogen (secondary N) is 2. The molecule has 0 saturated carbocycles. The lowest BCUT2D eigenvalue weighted by Gasteiger charge is -2.18. The zero-order chi connectivity index (χ0) is 19.5. The Morgan fingerprint density at radius 2 is 1.89 bits per heavy atom. The van der Waals surface area contributed by atoms with Gasteiger partial charge in [0, 0.05) is 5.69 Å². The van der Waals surface area contributed by atoms with Gasteiger partial charge in [-0.2, -0.15) is 0 Å². The van der Waals surface area contributed by atoms with Crippen molar-refractivity contribution in [2.24, 2.45) is 0 Å². The van der Waals surface area contributed by atoms with E-state index >= 15 is 0 Å². The normalized spacial score (nSPS) is 25.8. The maximum absolute atomic E-state index is 12.2. The first-order chi connectivity index (χ1) is 13.6. The number of amides is 2. The van der Waals surface area contributed by atoms with Crippen LogP contribution in [-0.2, 0) is 14.2 Å². The highest BCUT2D eigenvalue weighted by Gasteiger charge is 2.50. The Labute approximate surface area is 165 Å². The maximum Gasteiger partial charge on any atom is 0.412 e. The summed E-state index contributed by atoms with van der Waals surface area (Å²) in [4.78, 5) is 25.1. The van der Waals surface area contributed by atoms with Crippen LogP contribution in [0.5, 0.6) is 5.75 Å². The highest BCUT2D eigenvalue weighted by molar-refractivity contribution is 7.12. The lowest BCUT2D eigenvalue weighted by molar-refractivity contribution is 0.00862. The van der Waals surface area contributed by atoms with Gasteiger partial charge in [0.2, 0.25) is 0 Å². The molecule has 4 unspecified atom stereocenters. The summed E-state index contributed by atoms with van der Waals surface area (Å²) in [5, 5.41) is 7.44. The van der Waals surface area contributed by atoms with E-state index in [9.17, 15) is 9.59 Å². The molecule has 1 aromatic heterocycles. The Morgan fingerprint density at radius 3 is 2.61 bits per heavy atom. The molecule has 0 radical (unpaired) electrons. The van der Waals surface area contributed by atoms with Crippen molar-refractivity contribution < 1.29 is 28.5 Å². The van der Waals surface area contributed by atoms with Crippen LogP contribution in [0.25, 0.3) is 0 Å². The van der Waals surface area contributed by atoms with Gasteiger partial charge in [-0.05, 0) is 35.7 Å². The van der Waals surface area contributed by atoms with Gasteiger partial charge in [0.05, 0.1) is 31.2 Å². The van der Waals surface area contributed by atoms with E-state index in [0.717, 1.165) is 0 Å². The van der Waals surface area contributed by atoms with Crippen molar-refractivity contribution in [1.82, 2.24) is 5.32 Å². The molecular weight excluding hydrogens is 384 g/mol. The van der Waals surface area contributed by atoms with Crippen molar-refractivity contribution >= 4 is 29.0 Å². The van der Waals surface area contributed by atoms with Crippen LogP contribution in [-0.4, -0.2) is 56.7 Å². The van der Waals surface area contributed by atoms with Gasteiger partial charge in [-0.15, -0.1) is 11.3 Å². The number of ether oxygens (including phenoxy) is 4. The molecule has 9 heteroatoms. The highest BCUT2D eigenvalue weighted by Crippen LogP contribution is 2.29. The smallest absolute Gasteiger partial charge is 0.412 e. The standard InChI is InChI=1S/C19H20N2O6S/c1-24-12-6-4-11(5-7-12)20-19(23)27-14-10-26-16-13(9-25-17(14)16)21-18(22)15-3-2-8-28-15/h2-8,13-14,16-17H,9-10H2,1H3,(H,20,23)(H,21,22). The minimum absolute atomic E-state index is 0.158. The van der Waals surface area contributed by atoms with Crippen LogP contribution in [0.15, 0.2) is 41.8 Å². The lowest BCUT2D eigenvalue weighted by atomic mass is 10.1. The number of hydrogen-bond donors (Lipinski definition) is 2. The number of rotatable bonds is 5. The highest BCUT2D eigenvalue weighted by atomic mass is 32.1. The predicted octanol–water partition coefficient (Wildman–Crippen LogP) is 2.27. The molecule has 2 fully saturated rings. The monoisotopic (exact) mass is 404 g/mol. The molecule has 3 heterocycles. The number of anilines is 1. The van der Waals surface area contributed by atoms with Crippen LogP contribution in [0.1, 0.15) is 9.67 Å². The molecule has 4 rings (SSSR count). The number of hydrogen-bond acceptors (Lipinski definition) is 7. The number of carbonyl (C=O) groups is 2. The fourth-order valence-corrected chi connectivity index (χ4v) is 3.92. The zero-order valence-electron chi connectivity index (χ0n) is 15.1. The van der Waals surface area contributed by atoms with Crippen molar-refractivity contribution in [3.05, 3.63) is 46.7 Å². The quantitative estimate of drug-likeness (QED) is 0.794. The molecular formula is C19H20N2O6S. The fourth-order valence-electron chi connectivity index (χ4n) is 3.30. The number of carbonyl (C=O) groups excluding carboxylic acids is 2. The van der Waals surface area contributed by atoms with Gasteiger partial charge in [0.25, 0.3) is 5.91 Å². The zero-order valence-corrected chi connectivity index (χ0v) is 15.9. The minimum atomic E-state index is -0.589. The van der Waals surface area contributed by atoms with E-state index in [2.05, 4.69) is 10.6 Å². The summed E-state index contributed by atoms with van der Waals surface area (Å²) in [6, 6.07) is 10.2. The van der Waals surface area contributed by atoms with Crippen molar-refractivity contribution in [2.45, 2.75) is 24.4 Å². The first-order valence-corrected chi connectivity index (χ1v) is 9.71. The van der Waals surface area contributed by atoms with Crippen LogP contribution in [0.2, 0.25) is 0 Å². The molecule has 148 valence electrons.